The minimum Gasteiger partial charge on any atom is -0.486 e. The molecule has 0 atom stereocenters. The van der Waals surface area contributed by atoms with Crippen LogP contribution in [0.2, 0.25) is 10.0 Å². The highest BCUT2D eigenvalue weighted by Crippen LogP contribution is 2.30. The van der Waals surface area contributed by atoms with Crippen molar-refractivity contribution in [2.75, 3.05) is 0 Å². The van der Waals surface area contributed by atoms with Gasteiger partial charge in [-0.05, 0) is 41.8 Å². The van der Waals surface area contributed by atoms with E-state index in [-0.39, 0.29) is 0 Å². The fraction of sp³-hybridized carbons (Fsp3) is 0.263. The molecule has 7 heteroatoms. The van der Waals surface area contributed by atoms with Crippen molar-refractivity contribution in [2.45, 2.75) is 30.9 Å². The first-order valence-corrected chi connectivity index (χ1v) is 9.98. The minimum absolute atomic E-state index is 0.363. The third-order valence-electron chi connectivity index (χ3n) is 4.03. The van der Waals surface area contributed by atoms with Crippen LogP contribution in [0.5, 0.6) is 5.75 Å². The second-order valence-corrected chi connectivity index (χ2v) is 7.49. The molecule has 26 heavy (non-hydrogen) atoms. The van der Waals surface area contributed by atoms with E-state index in [9.17, 15) is 0 Å². The van der Waals surface area contributed by atoms with Gasteiger partial charge in [-0.1, -0.05) is 60.1 Å². The van der Waals surface area contributed by atoms with E-state index in [2.05, 4.69) is 29.3 Å². The first-order valence-electron chi connectivity index (χ1n) is 8.24. The molecule has 4 nitrogen and oxygen atoms in total. The molecule has 0 bridgehead atoms. The number of aromatic nitrogens is 3. The maximum absolute atomic E-state index is 6.22. The highest BCUT2D eigenvalue weighted by Gasteiger charge is 2.12. The van der Waals surface area contributed by atoms with Crippen LogP contribution < -0.4 is 4.74 Å². The Hall–Kier alpha value is -1.69. The van der Waals surface area contributed by atoms with Gasteiger partial charge < -0.3 is 9.30 Å². The van der Waals surface area contributed by atoms with E-state index in [0.717, 1.165) is 28.7 Å². The number of ether oxygens (including phenoxy) is 1. The normalized spacial score (nSPS) is 10.9. The number of rotatable bonds is 7. The molecule has 2 aromatic carbocycles. The topological polar surface area (TPSA) is 39.9 Å². The molecule has 0 amide bonds. The van der Waals surface area contributed by atoms with Crippen LogP contribution in [0, 0.1) is 0 Å². The number of benzene rings is 2. The van der Waals surface area contributed by atoms with Crippen molar-refractivity contribution in [1.29, 1.82) is 0 Å². The summed E-state index contributed by atoms with van der Waals surface area (Å²) in [5.41, 5.74) is 2.19. The molecule has 0 fully saturated rings. The van der Waals surface area contributed by atoms with Gasteiger partial charge >= 0.3 is 0 Å². The van der Waals surface area contributed by atoms with Crippen molar-refractivity contribution in [2.24, 2.45) is 7.05 Å². The molecule has 0 aliphatic carbocycles. The molecule has 0 unspecified atom stereocenters. The zero-order valence-corrected chi connectivity index (χ0v) is 16.9. The molecule has 0 aliphatic rings. The lowest BCUT2D eigenvalue weighted by Gasteiger charge is -2.08. The van der Waals surface area contributed by atoms with Crippen LogP contribution in [0.4, 0.5) is 0 Å². The molecule has 0 radical (unpaired) electrons. The first kappa shape index (κ1) is 19.1. The van der Waals surface area contributed by atoms with Crippen LogP contribution in [0.15, 0.2) is 47.6 Å². The molecule has 1 heterocycles. The molecular weight excluding hydrogens is 389 g/mol. The highest BCUT2D eigenvalue weighted by atomic mass is 35.5. The molecule has 0 spiro atoms. The van der Waals surface area contributed by atoms with Crippen LogP contribution >= 0.6 is 35.0 Å². The zero-order valence-electron chi connectivity index (χ0n) is 14.6. The van der Waals surface area contributed by atoms with Crippen molar-refractivity contribution in [3.8, 4) is 5.75 Å². The summed E-state index contributed by atoms with van der Waals surface area (Å²) in [6.07, 6.45) is 1.01. The summed E-state index contributed by atoms with van der Waals surface area (Å²) in [6, 6.07) is 13.6. The van der Waals surface area contributed by atoms with Gasteiger partial charge in [0, 0.05) is 22.8 Å². The van der Waals surface area contributed by atoms with E-state index in [0.29, 0.717) is 22.4 Å². The number of aryl methyl sites for hydroxylation is 1. The number of thioether (sulfide) groups is 1. The Balaban J connectivity index is 1.62. The van der Waals surface area contributed by atoms with Gasteiger partial charge in [0.05, 0.1) is 0 Å². The Kier molecular flexibility index (Phi) is 6.46. The summed E-state index contributed by atoms with van der Waals surface area (Å²) in [5, 5.41) is 10.6. The Morgan fingerprint density at radius 3 is 2.38 bits per heavy atom. The van der Waals surface area contributed by atoms with Gasteiger partial charge in [-0.3, -0.25) is 0 Å². The lowest BCUT2D eigenvalue weighted by atomic mass is 10.2. The summed E-state index contributed by atoms with van der Waals surface area (Å²) in [5.74, 6) is 2.21. The molecule has 136 valence electrons. The maximum Gasteiger partial charge on any atom is 0.191 e. The van der Waals surface area contributed by atoms with E-state index in [1.807, 2.05) is 41.9 Å². The Bertz CT molecular complexity index is 861. The average Bonchev–Trinajstić information content (AvgIpc) is 3.00. The number of nitrogens with zero attached hydrogens (tertiary/aromatic N) is 3. The minimum atomic E-state index is 0.363. The van der Waals surface area contributed by atoms with E-state index in [1.165, 1.54) is 5.56 Å². The van der Waals surface area contributed by atoms with Gasteiger partial charge in [-0.15, -0.1) is 10.2 Å². The molecule has 0 aliphatic heterocycles. The largest absolute Gasteiger partial charge is 0.486 e. The van der Waals surface area contributed by atoms with Crippen LogP contribution in [0.3, 0.4) is 0 Å². The maximum atomic E-state index is 6.22. The molecule has 0 saturated heterocycles. The Morgan fingerprint density at radius 2 is 1.73 bits per heavy atom. The standard InChI is InChI=1S/C19H19Cl2N3OS/c1-3-13-7-9-14(10-8-13)25-11-18-22-23-19(24(18)2)26-12-15-16(20)5-4-6-17(15)21/h4-10H,3,11-12H2,1-2H3. The smallest absolute Gasteiger partial charge is 0.191 e. The van der Waals surface area contributed by atoms with Crippen molar-refractivity contribution >= 4 is 35.0 Å². The van der Waals surface area contributed by atoms with Gasteiger partial charge in [0.1, 0.15) is 12.4 Å². The van der Waals surface area contributed by atoms with Crippen molar-refractivity contribution in [3.05, 3.63) is 69.5 Å². The summed E-state index contributed by atoms with van der Waals surface area (Å²) in [4.78, 5) is 0. The van der Waals surface area contributed by atoms with E-state index in [1.54, 1.807) is 11.8 Å². The predicted octanol–water partition coefficient (Wildman–Crippen LogP) is 5.56. The van der Waals surface area contributed by atoms with Gasteiger partial charge in [0.2, 0.25) is 0 Å². The van der Waals surface area contributed by atoms with E-state index >= 15 is 0 Å². The molecule has 1 aromatic heterocycles. The number of hydrogen-bond donors (Lipinski definition) is 0. The van der Waals surface area contributed by atoms with Crippen LogP contribution in [0.25, 0.3) is 0 Å². The summed E-state index contributed by atoms with van der Waals surface area (Å²) >= 11 is 14.0. The van der Waals surface area contributed by atoms with Crippen molar-refractivity contribution < 1.29 is 4.74 Å². The van der Waals surface area contributed by atoms with Crippen LogP contribution in [0.1, 0.15) is 23.9 Å². The van der Waals surface area contributed by atoms with Crippen LogP contribution in [-0.2, 0) is 25.8 Å². The molecule has 3 aromatic rings. The van der Waals surface area contributed by atoms with Crippen molar-refractivity contribution in [3.63, 3.8) is 0 Å². The fourth-order valence-electron chi connectivity index (χ4n) is 2.37. The predicted molar refractivity (Wildman–Crippen MR) is 107 cm³/mol. The van der Waals surface area contributed by atoms with E-state index < -0.39 is 0 Å². The average molecular weight is 408 g/mol. The van der Waals surface area contributed by atoms with Gasteiger partial charge in [0.25, 0.3) is 0 Å². The zero-order chi connectivity index (χ0) is 18.5. The van der Waals surface area contributed by atoms with Crippen LogP contribution in [-0.4, -0.2) is 14.8 Å². The Morgan fingerprint density at radius 1 is 1.04 bits per heavy atom. The Labute approximate surface area is 167 Å². The number of halogens is 2. The SMILES string of the molecule is CCc1ccc(OCc2nnc(SCc3c(Cl)cccc3Cl)n2C)cc1. The summed E-state index contributed by atoms with van der Waals surface area (Å²) < 4.78 is 7.74. The second-order valence-electron chi connectivity index (χ2n) is 5.73. The lowest BCUT2D eigenvalue weighted by Crippen LogP contribution is -2.04. The first-order chi connectivity index (χ1) is 12.6. The number of hydrogen-bond acceptors (Lipinski definition) is 4. The molecule has 0 N–H and O–H groups in total. The molecular formula is C19H19Cl2N3OS. The van der Waals surface area contributed by atoms with Crippen molar-refractivity contribution in [1.82, 2.24) is 14.8 Å². The summed E-state index contributed by atoms with van der Waals surface area (Å²) in [6.45, 7) is 2.49. The summed E-state index contributed by atoms with van der Waals surface area (Å²) in [7, 11) is 1.93. The highest BCUT2D eigenvalue weighted by molar-refractivity contribution is 7.98. The van der Waals surface area contributed by atoms with E-state index in [4.69, 9.17) is 27.9 Å². The second kappa shape index (κ2) is 8.80. The monoisotopic (exact) mass is 407 g/mol. The molecule has 0 saturated carbocycles. The molecule has 3 rings (SSSR count). The fourth-order valence-corrected chi connectivity index (χ4v) is 4.04. The third kappa shape index (κ3) is 4.53. The van der Waals surface area contributed by atoms with Gasteiger partial charge in [0.15, 0.2) is 11.0 Å². The lowest BCUT2D eigenvalue weighted by molar-refractivity contribution is 0.290. The van der Waals surface area contributed by atoms with Gasteiger partial charge in [-0.25, -0.2) is 0 Å². The third-order valence-corrected chi connectivity index (χ3v) is 5.79. The van der Waals surface area contributed by atoms with Gasteiger partial charge in [-0.2, -0.15) is 0 Å². The quantitative estimate of drug-likeness (QED) is 0.480.